The SMILES string of the molecule is Nc1c(N=Nc2ccc3c(O)c(N=Nc4ccc5c(O)c(N=Nc6ccc(N=Nc7ccc(S(=O)(=O)O)cc7)cc6SOOO)c(S(=O)(=O)O)cc5c4S(=O)(=O)O)c(S(=O)(=O)O)cc3c2S(=O)(=O)O)cc(S(=O)(=O)O)c2cc(SOOO)c(N=Nc3ccccc3[N+](=O)[O-])c(O)c12.O=S(=O)=O. The van der Waals surface area contributed by atoms with Crippen molar-refractivity contribution in [3.05, 3.63) is 125 Å². The highest BCUT2D eigenvalue weighted by Gasteiger charge is 2.32. The lowest BCUT2D eigenvalue weighted by Crippen LogP contribution is -2.04. The minimum Gasteiger partial charge on any atom is -0.505 e. The van der Waals surface area contributed by atoms with E-state index in [9.17, 15) is 103 Å². The van der Waals surface area contributed by atoms with E-state index in [1.165, 1.54) is 30.3 Å². The first kappa shape index (κ1) is 76.7. The second-order valence-electron chi connectivity index (χ2n) is 18.9. The van der Waals surface area contributed by atoms with Crippen molar-refractivity contribution in [3.8, 4) is 17.2 Å². The van der Waals surface area contributed by atoms with Gasteiger partial charge in [-0.1, -0.05) is 22.2 Å². The predicted molar refractivity (Wildman–Crippen MR) is 338 cm³/mol. The number of nitro benzene ring substituents is 1. The Morgan fingerprint density at radius 2 is 0.842 bits per heavy atom. The minimum atomic E-state index is -5.84. The second-order valence-corrected chi connectivity index (χ2v) is 29.1. The van der Waals surface area contributed by atoms with Gasteiger partial charge in [-0.25, -0.2) is 10.5 Å². The molecule has 53 heteroatoms. The van der Waals surface area contributed by atoms with Crippen LogP contribution < -0.4 is 5.73 Å². The summed E-state index contributed by atoms with van der Waals surface area (Å²) in [6.45, 7) is 0. The summed E-state index contributed by atoms with van der Waals surface area (Å²) in [5, 5.41) is 104. The zero-order chi connectivity index (χ0) is 74.6. The van der Waals surface area contributed by atoms with Gasteiger partial charge in [-0.2, -0.15) is 60.7 Å². The van der Waals surface area contributed by atoms with Gasteiger partial charge < -0.3 is 21.1 Å². The smallest absolute Gasteiger partial charge is 0.425 e. The molecular weight excluding hydrogens is 1550 g/mol. The number of phenols is 3. The molecule has 0 aliphatic rings. The minimum absolute atomic E-state index is 0.00632. The molecule has 0 amide bonds. The van der Waals surface area contributed by atoms with Gasteiger partial charge >= 0.3 is 10.6 Å². The van der Waals surface area contributed by atoms with Crippen molar-refractivity contribution in [2.24, 2.45) is 51.1 Å². The van der Waals surface area contributed by atoms with Gasteiger partial charge in [0, 0.05) is 33.0 Å². The van der Waals surface area contributed by atoms with Crippen LogP contribution >= 0.6 is 24.1 Å². The number of aromatic hydroxyl groups is 3. The van der Waals surface area contributed by atoms with Gasteiger partial charge in [0.05, 0.1) is 66.1 Å². The van der Waals surface area contributed by atoms with Crippen LogP contribution in [0.15, 0.2) is 206 Å². The van der Waals surface area contributed by atoms with Crippen LogP contribution in [0.4, 0.5) is 68.2 Å². The van der Waals surface area contributed by atoms with Crippen LogP contribution in [0.25, 0.3) is 32.3 Å². The predicted octanol–water partition coefficient (Wildman–Crippen LogP) is 11.2. The van der Waals surface area contributed by atoms with Crippen LogP contribution in [0.1, 0.15) is 0 Å². The van der Waals surface area contributed by atoms with Crippen molar-refractivity contribution in [2.75, 3.05) is 5.73 Å². The molecule has 0 aromatic heterocycles. The summed E-state index contributed by atoms with van der Waals surface area (Å²) >= 11 is 0.279. The number of rotatable bonds is 23. The number of hydrogen-bond acceptors (Lipinski definition) is 39. The molecule has 0 aliphatic carbocycles. The maximum atomic E-state index is 13.3. The molecule has 44 nitrogen and oxygen atoms in total. The normalized spacial score (nSPS) is 12.8. The summed E-state index contributed by atoms with van der Waals surface area (Å²) in [5.41, 5.74) is -1.89. The van der Waals surface area contributed by atoms with E-state index in [4.69, 9.17) is 28.9 Å². The highest BCUT2D eigenvalue weighted by Crippen LogP contribution is 2.52. The molecule has 13 N–H and O–H groups in total. The molecule has 0 unspecified atom stereocenters. The van der Waals surface area contributed by atoms with Crippen LogP contribution in [0.5, 0.6) is 17.2 Å². The zero-order valence-corrected chi connectivity index (χ0v) is 55.5. The highest BCUT2D eigenvalue weighted by atomic mass is 32.2. The molecule has 0 bridgehead atoms. The van der Waals surface area contributed by atoms with E-state index in [-0.39, 0.29) is 52.1 Å². The Labute approximate surface area is 571 Å². The molecule has 0 radical (unpaired) electrons. The molecule has 101 heavy (non-hydrogen) atoms. The third kappa shape index (κ3) is 17.6. The van der Waals surface area contributed by atoms with Crippen LogP contribution in [-0.2, 0) is 90.1 Å². The summed E-state index contributed by atoms with van der Waals surface area (Å²) in [6.07, 6.45) is 0. The fraction of sp³-hybridized carbons (Fsp3) is 0. The van der Waals surface area contributed by atoms with Crippen molar-refractivity contribution < 1.29 is 140 Å². The number of benzene rings is 9. The number of nitrogen functional groups attached to an aromatic ring is 1. The first-order chi connectivity index (χ1) is 47.1. The van der Waals surface area contributed by atoms with Crippen molar-refractivity contribution in [2.45, 2.75) is 39.2 Å². The highest BCUT2D eigenvalue weighted by molar-refractivity contribution is 7.95. The Morgan fingerprint density at radius 1 is 0.416 bits per heavy atom. The first-order valence-corrected chi connectivity index (χ1v) is 36.4. The van der Waals surface area contributed by atoms with Gasteiger partial charge in [-0.15, -0.1) is 62.2 Å². The Balaban J connectivity index is 0.00000315. The second kappa shape index (κ2) is 30.0. The Hall–Kier alpha value is -10.1. The van der Waals surface area contributed by atoms with E-state index in [1.54, 1.807) is 0 Å². The summed E-state index contributed by atoms with van der Waals surface area (Å²) in [5.74, 6) is -3.89. The van der Waals surface area contributed by atoms with Crippen LogP contribution in [-0.4, -0.2) is 121 Å². The van der Waals surface area contributed by atoms with E-state index in [2.05, 4.69) is 69.9 Å². The average Bonchev–Trinajstić information content (AvgIpc) is 0.750. The molecule has 0 spiro atoms. The average molecular weight is 1580 g/mol. The molecule has 0 heterocycles. The standard InChI is InChI=1S/C48H32N12O29S8.O3S/c49-40-32(19-36(93(71,72)73)27-16-35(91-89-87-67)41(46(63)39(27)40)57-52-28-3-1-2-4-33(28)60(64)65)56-54-30-13-10-23-25(47(30)96(80,81)82)17-38(95(77,78)79)43(45(23)62)59-55-31-14-11-24-26(48(31)97(83,84)85)18-37(94(74,75)76)42(44(24)61)58-53-29-12-7-21(15-34(29)90-88-86-66)51-50-20-5-8-22(9-6-20)92(68,69)70;1-4(2)3/h1-19,61-63,66-67H,49H2,(H,68,69,70)(H,71,72,73)(H,74,75,76)(H,77,78,79)(H,80,81,82)(H,83,84,85);. The number of anilines is 1. The zero-order valence-electron chi connectivity index (χ0n) is 48.1. The van der Waals surface area contributed by atoms with Crippen LogP contribution in [0, 0.1) is 10.1 Å². The molecule has 0 fully saturated rings. The molecule has 9 aromatic carbocycles. The molecular formula is C48H32N12O32S9. The van der Waals surface area contributed by atoms with Crippen molar-refractivity contribution in [1.29, 1.82) is 0 Å². The van der Waals surface area contributed by atoms with E-state index in [0.29, 0.717) is 24.3 Å². The van der Waals surface area contributed by atoms with E-state index in [1.807, 2.05) is 0 Å². The monoisotopic (exact) mass is 1580 g/mol. The van der Waals surface area contributed by atoms with Crippen molar-refractivity contribution >= 4 is 196 Å². The van der Waals surface area contributed by atoms with Crippen molar-refractivity contribution in [1.82, 2.24) is 0 Å². The summed E-state index contributed by atoms with van der Waals surface area (Å²) in [4.78, 5) is 2.61. The number of phenolic OH excluding ortho intramolecular Hbond substituents is 3. The molecule has 0 saturated heterocycles. The Morgan fingerprint density at radius 3 is 1.32 bits per heavy atom. The molecule has 530 valence electrons. The lowest BCUT2D eigenvalue weighted by atomic mass is 10.0. The van der Waals surface area contributed by atoms with Crippen LogP contribution in [0.3, 0.4) is 0 Å². The van der Waals surface area contributed by atoms with E-state index < -0.39 is 211 Å². The quantitative estimate of drug-likeness (QED) is 0.00538. The van der Waals surface area contributed by atoms with E-state index >= 15 is 0 Å². The fourth-order valence-corrected chi connectivity index (χ4v) is 13.8. The maximum absolute atomic E-state index is 13.3. The molecule has 9 rings (SSSR count). The largest absolute Gasteiger partial charge is 0.505 e. The van der Waals surface area contributed by atoms with Gasteiger partial charge in [0.25, 0.3) is 66.4 Å². The molecule has 0 aliphatic heterocycles. The Bertz CT molecular complexity index is 5970. The molecule has 0 saturated carbocycles. The number of nitro groups is 1. The van der Waals surface area contributed by atoms with Crippen LogP contribution in [0.2, 0.25) is 0 Å². The van der Waals surface area contributed by atoms with Crippen molar-refractivity contribution in [3.63, 3.8) is 0 Å². The topological polar surface area (TPSA) is 708 Å². The summed E-state index contributed by atoms with van der Waals surface area (Å²) < 4.78 is 250. The Kier molecular flexibility index (Phi) is 22.8. The third-order valence-electron chi connectivity index (χ3n) is 12.8. The number of nitrogens with two attached hydrogens (primary N) is 1. The number of azo groups is 5. The number of para-hydroxylation sites is 1. The van der Waals surface area contributed by atoms with E-state index in [0.717, 1.165) is 54.6 Å². The number of fused-ring (bicyclic) bond motifs is 3. The van der Waals surface area contributed by atoms with Gasteiger partial charge in [0.15, 0.2) is 22.9 Å². The third-order valence-corrected chi connectivity index (χ3v) is 19.4. The number of hydrogen-bond donors (Lipinski definition) is 12. The van der Waals surface area contributed by atoms with Gasteiger partial charge in [0.1, 0.15) is 64.3 Å². The summed E-state index contributed by atoms with van der Waals surface area (Å²) in [7, 11) is -36.2. The molecule has 9 aromatic rings. The number of nitrogens with zero attached hydrogens (tertiary/aromatic N) is 11. The lowest BCUT2D eigenvalue weighted by molar-refractivity contribution is -0.432. The summed E-state index contributed by atoms with van der Waals surface area (Å²) in [6, 6.07) is 17.4. The fourth-order valence-electron chi connectivity index (χ4n) is 8.76. The first-order valence-electron chi connectivity index (χ1n) is 25.3. The molecule has 0 atom stereocenters. The van der Waals surface area contributed by atoms with Gasteiger partial charge in [-0.05, 0) is 97.1 Å². The van der Waals surface area contributed by atoms with Gasteiger partial charge in [0.2, 0.25) is 0 Å². The lowest BCUT2D eigenvalue weighted by Gasteiger charge is -2.15. The maximum Gasteiger partial charge on any atom is 0.425 e. The van der Waals surface area contributed by atoms with Gasteiger partial charge in [-0.3, -0.25) is 37.4 Å².